The van der Waals surface area contributed by atoms with Crippen molar-refractivity contribution in [1.29, 1.82) is 0 Å². The number of halogens is 2. The van der Waals surface area contributed by atoms with E-state index in [9.17, 15) is 14.4 Å². The smallest absolute Gasteiger partial charge is 0.335 e. The van der Waals surface area contributed by atoms with Crippen LogP contribution in [0.3, 0.4) is 0 Å². The Morgan fingerprint density at radius 2 is 1.45 bits per heavy atom. The minimum Gasteiger partial charge on any atom is -0.489 e. The van der Waals surface area contributed by atoms with Gasteiger partial charge in [-0.05, 0) is 60.2 Å². The quantitative estimate of drug-likeness (QED) is 0.185. The van der Waals surface area contributed by atoms with Gasteiger partial charge in [-0.25, -0.2) is 9.69 Å². The van der Waals surface area contributed by atoms with Crippen LogP contribution in [0.1, 0.15) is 16.7 Å². The molecule has 1 fully saturated rings. The predicted octanol–water partition coefficient (Wildman–Crippen LogP) is 6.82. The molecule has 9 heteroatoms. The van der Waals surface area contributed by atoms with Crippen molar-refractivity contribution in [3.63, 3.8) is 0 Å². The second-order valence-corrected chi connectivity index (χ2v) is 9.63. The standard InChI is InChI=1S/C31H22Cl2N2O5/c32-23-11-9-20(10-12-23)18-39-25-15-13-24(14-16-25)35-30(37)26(29(36)34-31(35)38)17-21-5-2-4-8-28(21)40-19-22-6-1-3-7-27(22)33/h1-17H,18-19H2,(H,34,36,38)/b26-17+. The number of nitrogens with one attached hydrogen (secondary N) is 1. The van der Waals surface area contributed by atoms with Crippen LogP contribution in [0, 0.1) is 0 Å². The van der Waals surface area contributed by atoms with Crippen molar-refractivity contribution in [2.75, 3.05) is 4.90 Å². The van der Waals surface area contributed by atoms with Gasteiger partial charge in [-0.2, -0.15) is 0 Å². The molecule has 200 valence electrons. The highest BCUT2D eigenvalue weighted by molar-refractivity contribution is 6.39. The molecule has 1 saturated heterocycles. The van der Waals surface area contributed by atoms with Crippen molar-refractivity contribution in [3.8, 4) is 11.5 Å². The van der Waals surface area contributed by atoms with Crippen molar-refractivity contribution in [3.05, 3.63) is 129 Å². The first kappa shape index (κ1) is 27.0. The molecule has 0 radical (unpaired) electrons. The van der Waals surface area contributed by atoms with Crippen LogP contribution >= 0.6 is 23.2 Å². The van der Waals surface area contributed by atoms with Crippen LogP contribution in [0.15, 0.2) is 103 Å². The van der Waals surface area contributed by atoms with E-state index in [1.807, 2.05) is 30.3 Å². The highest BCUT2D eigenvalue weighted by Crippen LogP contribution is 2.28. The third-order valence-corrected chi connectivity index (χ3v) is 6.70. The summed E-state index contributed by atoms with van der Waals surface area (Å²) in [5.41, 5.74) is 2.28. The Bertz CT molecular complexity index is 1600. The fourth-order valence-electron chi connectivity index (χ4n) is 3.99. The van der Waals surface area contributed by atoms with Crippen LogP contribution in [0.2, 0.25) is 10.0 Å². The molecule has 0 spiro atoms. The molecular weight excluding hydrogens is 551 g/mol. The van der Waals surface area contributed by atoms with Crippen molar-refractivity contribution >= 4 is 52.8 Å². The van der Waals surface area contributed by atoms with Gasteiger partial charge < -0.3 is 9.47 Å². The van der Waals surface area contributed by atoms with Crippen LogP contribution in [0.5, 0.6) is 11.5 Å². The predicted molar refractivity (Wildman–Crippen MR) is 153 cm³/mol. The van der Waals surface area contributed by atoms with Gasteiger partial charge in [0.15, 0.2) is 0 Å². The van der Waals surface area contributed by atoms with Gasteiger partial charge in [0.05, 0.1) is 5.69 Å². The number of nitrogens with zero attached hydrogens (tertiary/aromatic N) is 1. The molecule has 1 aliphatic rings. The van der Waals surface area contributed by atoms with Gasteiger partial charge in [-0.1, -0.05) is 71.7 Å². The monoisotopic (exact) mass is 572 g/mol. The minimum atomic E-state index is -0.842. The molecule has 0 unspecified atom stereocenters. The number of hydrogen-bond donors (Lipinski definition) is 1. The number of anilines is 1. The number of urea groups is 1. The normalized spacial score (nSPS) is 14.3. The van der Waals surface area contributed by atoms with E-state index in [-0.39, 0.29) is 17.9 Å². The number of rotatable bonds is 8. The van der Waals surface area contributed by atoms with E-state index in [1.54, 1.807) is 66.7 Å². The number of carbonyl (C=O) groups excluding carboxylic acids is 3. The van der Waals surface area contributed by atoms with Crippen LogP contribution in [-0.4, -0.2) is 17.8 Å². The lowest BCUT2D eigenvalue weighted by Crippen LogP contribution is -2.54. The van der Waals surface area contributed by atoms with E-state index in [0.29, 0.717) is 33.7 Å². The lowest BCUT2D eigenvalue weighted by molar-refractivity contribution is -0.122. The van der Waals surface area contributed by atoms with Crippen LogP contribution in [0.25, 0.3) is 6.08 Å². The molecule has 0 aromatic heterocycles. The van der Waals surface area contributed by atoms with Gasteiger partial charge in [0.25, 0.3) is 11.8 Å². The Labute approximate surface area is 240 Å². The van der Waals surface area contributed by atoms with Gasteiger partial charge >= 0.3 is 6.03 Å². The van der Waals surface area contributed by atoms with Gasteiger partial charge in [0, 0.05) is 21.2 Å². The first-order valence-corrected chi connectivity index (χ1v) is 13.0. The van der Waals surface area contributed by atoms with E-state index < -0.39 is 17.8 Å². The zero-order valence-electron chi connectivity index (χ0n) is 21.0. The summed E-state index contributed by atoms with van der Waals surface area (Å²) in [4.78, 5) is 39.6. The molecule has 4 aromatic carbocycles. The summed E-state index contributed by atoms with van der Waals surface area (Å²) in [6, 6.07) is 27.1. The maximum atomic E-state index is 13.4. The number of barbiturate groups is 1. The summed E-state index contributed by atoms with van der Waals surface area (Å²) in [7, 11) is 0. The number of ether oxygens (including phenoxy) is 2. The van der Waals surface area contributed by atoms with Crippen molar-refractivity contribution in [2.45, 2.75) is 13.2 Å². The first-order valence-electron chi connectivity index (χ1n) is 12.2. The van der Waals surface area contributed by atoms with Crippen LogP contribution in [-0.2, 0) is 22.8 Å². The molecule has 0 saturated carbocycles. The van der Waals surface area contributed by atoms with Crippen molar-refractivity contribution in [1.82, 2.24) is 5.32 Å². The highest BCUT2D eigenvalue weighted by atomic mass is 35.5. The molecule has 0 atom stereocenters. The highest BCUT2D eigenvalue weighted by Gasteiger charge is 2.37. The molecule has 4 amide bonds. The molecule has 1 aliphatic heterocycles. The maximum absolute atomic E-state index is 13.4. The Balaban J connectivity index is 1.33. The third kappa shape index (κ3) is 6.17. The zero-order valence-corrected chi connectivity index (χ0v) is 22.5. The lowest BCUT2D eigenvalue weighted by atomic mass is 10.1. The minimum absolute atomic E-state index is 0.192. The number of hydrogen-bond acceptors (Lipinski definition) is 5. The van der Waals surface area contributed by atoms with Gasteiger partial charge in [0.1, 0.15) is 30.3 Å². The Hall–Kier alpha value is -4.59. The number of imide groups is 2. The second kappa shape index (κ2) is 12.1. The molecule has 0 aliphatic carbocycles. The average Bonchev–Trinajstić information content (AvgIpc) is 2.96. The Morgan fingerprint density at radius 1 is 0.750 bits per heavy atom. The number of amides is 4. The molecular formula is C31H22Cl2N2O5. The van der Waals surface area contributed by atoms with E-state index in [4.69, 9.17) is 32.7 Å². The van der Waals surface area contributed by atoms with E-state index in [2.05, 4.69) is 5.32 Å². The first-order chi connectivity index (χ1) is 19.4. The molecule has 40 heavy (non-hydrogen) atoms. The SMILES string of the molecule is O=C1NC(=O)N(c2ccc(OCc3ccc(Cl)cc3)cc2)C(=O)/C1=C/c1ccccc1OCc1ccccc1Cl. The van der Waals surface area contributed by atoms with Crippen molar-refractivity contribution < 1.29 is 23.9 Å². The van der Waals surface area contributed by atoms with E-state index in [0.717, 1.165) is 16.0 Å². The van der Waals surface area contributed by atoms with E-state index in [1.165, 1.54) is 6.08 Å². The summed E-state index contributed by atoms with van der Waals surface area (Å²) in [5, 5.41) is 3.44. The summed E-state index contributed by atoms with van der Waals surface area (Å²) in [6.07, 6.45) is 1.41. The number of carbonyl (C=O) groups is 3. The lowest BCUT2D eigenvalue weighted by Gasteiger charge is -2.26. The third-order valence-electron chi connectivity index (χ3n) is 6.08. The summed E-state index contributed by atoms with van der Waals surface area (Å²) < 4.78 is 11.7. The Morgan fingerprint density at radius 3 is 2.20 bits per heavy atom. The molecule has 1 N–H and O–H groups in total. The topological polar surface area (TPSA) is 84.9 Å². The molecule has 4 aromatic rings. The molecule has 5 rings (SSSR count). The van der Waals surface area contributed by atoms with Gasteiger partial charge in [-0.3, -0.25) is 14.9 Å². The average molecular weight is 573 g/mol. The fraction of sp³-hybridized carbons (Fsp3) is 0.0645. The number of para-hydroxylation sites is 1. The second-order valence-electron chi connectivity index (χ2n) is 8.78. The molecule has 1 heterocycles. The largest absolute Gasteiger partial charge is 0.489 e. The zero-order chi connectivity index (χ0) is 28.1. The van der Waals surface area contributed by atoms with Gasteiger partial charge in [0.2, 0.25) is 0 Å². The van der Waals surface area contributed by atoms with Crippen LogP contribution < -0.4 is 19.7 Å². The van der Waals surface area contributed by atoms with Crippen molar-refractivity contribution in [2.24, 2.45) is 0 Å². The maximum Gasteiger partial charge on any atom is 0.335 e. The summed E-state index contributed by atoms with van der Waals surface area (Å²) in [5.74, 6) is -0.569. The fourth-order valence-corrected chi connectivity index (χ4v) is 4.30. The molecule has 0 bridgehead atoms. The summed E-state index contributed by atoms with van der Waals surface area (Å²) >= 11 is 12.2. The molecule has 7 nitrogen and oxygen atoms in total. The van der Waals surface area contributed by atoms with Gasteiger partial charge in [-0.15, -0.1) is 0 Å². The Kier molecular flexibility index (Phi) is 8.15. The summed E-state index contributed by atoms with van der Waals surface area (Å²) in [6.45, 7) is 0.510. The van der Waals surface area contributed by atoms with Crippen LogP contribution in [0.4, 0.5) is 10.5 Å². The number of benzene rings is 4. The van der Waals surface area contributed by atoms with E-state index >= 15 is 0 Å².